The van der Waals surface area contributed by atoms with E-state index in [1.165, 1.54) is 30.5 Å². The topological polar surface area (TPSA) is 131 Å². The fourth-order valence-corrected chi connectivity index (χ4v) is 3.11. The molecule has 1 aliphatic rings. The summed E-state index contributed by atoms with van der Waals surface area (Å²) in [7, 11) is -3.06. The van der Waals surface area contributed by atoms with Gasteiger partial charge in [-0.2, -0.15) is 0 Å². The Hall–Kier alpha value is -4.68. The van der Waals surface area contributed by atoms with Crippen LogP contribution in [0.25, 0.3) is 0 Å². The summed E-state index contributed by atoms with van der Waals surface area (Å²) in [5.41, 5.74) is 5.19. The van der Waals surface area contributed by atoms with Crippen molar-refractivity contribution in [1.29, 1.82) is 0 Å². The zero-order valence-electron chi connectivity index (χ0n) is 21.0. The number of ether oxygens (including phenoxy) is 5. The lowest BCUT2D eigenvalue weighted by molar-refractivity contribution is -0.274. The Morgan fingerprint density at radius 1 is 1.06 bits per heavy atom. The summed E-state index contributed by atoms with van der Waals surface area (Å²) in [4.78, 5) is 28.3. The minimum absolute atomic E-state index is 0.0314. The summed E-state index contributed by atoms with van der Waals surface area (Å²) < 4.78 is 85.6. The van der Waals surface area contributed by atoms with Crippen LogP contribution < -0.4 is 34.7 Å². The number of nitrogens with one attached hydrogen (secondary N) is 1. The lowest BCUT2D eigenvalue weighted by atomic mass is 10.1. The highest BCUT2D eigenvalue weighted by molar-refractivity contribution is 6.07. The molecule has 0 atom stereocenters. The van der Waals surface area contributed by atoms with Gasteiger partial charge < -0.3 is 34.7 Å². The smallest absolute Gasteiger partial charge is 0.493 e. The monoisotopic (exact) mass is 508 g/mol. The quantitative estimate of drug-likeness (QED) is 0.491. The second-order valence-electron chi connectivity index (χ2n) is 7.10. The normalized spacial score (nSPS) is 14.0. The number of fused-ring (bicyclic) bond motifs is 1. The second-order valence-corrected chi connectivity index (χ2v) is 7.10. The van der Waals surface area contributed by atoms with Gasteiger partial charge in [-0.05, 0) is 24.3 Å². The van der Waals surface area contributed by atoms with E-state index in [4.69, 9.17) is 28.8 Å². The maximum absolute atomic E-state index is 13.2. The first-order chi connectivity index (χ1) is 18.3. The molecule has 4 rings (SSSR count). The molecular formula is C23H18F3N3O7. The number of nitrogens with zero attached hydrogens (tertiary/aromatic N) is 1. The molecule has 1 aromatic heterocycles. The number of carbonyl (C=O) groups excluding carboxylic acids is 2. The lowest BCUT2D eigenvalue weighted by Crippen LogP contribution is -2.18. The van der Waals surface area contributed by atoms with Gasteiger partial charge in [-0.15, -0.1) is 13.2 Å². The number of aromatic nitrogens is 1. The highest BCUT2D eigenvalue weighted by Crippen LogP contribution is 2.42. The van der Waals surface area contributed by atoms with E-state index in [2.05, 4.69) is 15.0 Å². The Morgan fingerprint density at radius 2 is 1.81 bits per heavy atom. The van der Waals surface area contributed by atoms with E-state index in [0.29, 0.717) is 6.07 Å². The number of hydrogen-bond donors (Lipinski definition) is 2. The van der Waals surface area contributed by atoms with Crippen molar-refractivity contribution in [1.82, 2.24) is 4.98 Å². The van der Waals surface area contributed by atoms with Crippen molar-refractivity contribution >= 4 is 17.5 Å². The standard InChI is InChI=1S/C23H18F3N3O7/c1-32-18-8-13(36-23(24,25)26)3-5-16(18)35-17-10-20-19(33-6-7-34-20)9-14(17)22(31)29-12-2-4-15(21(27)30)28-11-12/h2-5,8-11H,6-7H2,1H3,(H2,27,30)(H,29,31)/i1D3. The zero-order chi connectivity index (χ0) is 28.4. The maximum Gasteiger partial charge on any atom is 0.573 e. The molecule has 0 saturated heterocycles. The Balaban J connectivity index is 1.71. The Kier molecular flexibility index (Phi) is 5.68. The number of alkyl halides is 3. The largest absolute Gasteiger partial charge is 0.573 e. The molecule has 36 heavy (non-hydrogen) atoms. The molecule has 3 N–H and O–H groups in total. The summed E-state index contributed by atoms with van der Waals surface area (Å²) in [6.45, 7) is 0.386. The van der Waals surface area contributed by atoms with E-state index >= 15 is 0 Å². The lowest BCUT2D eigenvalue weighted by Gasteiger charge is -2.21. The van der Waals surface area contributed by atoms with E-state index in [9.17, 15) is 22.8 Å². The van der Waals surface area contributed by atoms with Crippen LogP contribution in [-0.2, 0) is 0 Å². The molecule has 0 fully saturated rings. The van der Waals surface area contributed by atoms with Crippen LogP contribution in [0.4, 0.5) is 18.9 Å². The van der Waals surface area contributed by atoms with Crippen molar-refractivity contribution in [3.63, 3.8) is 0 Å². The van der Waals surface area contributed by atoms with E-state index in [-0.39, 0.29) is 53.2 Å². The molecule has 0 unspecified atom stereocenters. The van der Waals surface area contributed by atoms with Gasteiger partial charge in [0.2, 0.25) is 0 Å². The third-order valence-corrected chi connectivity index (χ3v) is 4.64. The molecule has 13 heteroatoms. The third kappa shape index (κ3) is 5.68. The number of anilines is 1. The number of rotatable bonds is 7. The van der Waals surface area contributed by atoms with Crippen LogP contribution >= 0.6 is 0 Å². The number of amides is 2. The summed E-state index contributed by atoms with van der Waals surface area (Å²) in [6, 6.07) is 7.80. The molecule has 3 aromatic rings. The third-order valence-electron chi connectivity index (χ3n) is 4.64. The van der Waals surface area contributed by atoms with Gasteiger partial charge in [-0.1, -0.05) is 0 Å². The van der Waals surface area contributed by atoms with Gasteiger partial charge in [0.1, 0.15) is 30.4 Å². The molecule has 1 aliphatic heterocycles. The summed E-state index contributed by atoms with van der Waals surface area (Å²) in [5, 5.41) is 2.55. The molecule has 0 saturated carbocycles. The van der Waals surface area contributed by atoms with Crippen LogP contribution in [0, 0.1) is 0 Å². The van der Waals surface area contributed by atoms with Crippen molar-refractivity contribution in [2.75, 3.05) is 25.6 Å². The van der Waals surface area contributed by atoms with E-state index < -0.39 is 36.7 Å². The molecule has 0 spiro atoms. The van der Waals surface area contributed by atoms with E-state index in [1.807, 2.05) is 0 Å². The van der Waals surface area contributed by atoms with Gasteiger partial charge in [-0.25, -0.2) is 4.98 Å². The first kappa shape index (κ1) is 20.7. The number of carbonyl (C=O) groups is 2. The summed E-state index contributed by atoms with van der Waals surface area (Å²) >= 11 is 0. The van der Waals surface area contributed by atoms with Crippen molar-refractivity contribution in [2.24, 2.45) is 5.73 Å². The molecular weight excluding hydrogens is 487 g/mol. The van der Waals surface area contributed by atoms with Gasteiger partial charge in [0.25, 0.3) is 11.8 Å². The Morgan fingerprint density at radius 3 is 2.44 bits per heavy atom. The predicted octanol–water partition coefficient (Wildman–Crippen LogP) is 3.90. The summed E-state index contributed by atoms with van der Waals surface area (Å²) in [6.07, 6.45) is -3.86. The number of pyridine rings is 1. The number of primary amides is 1. The van der Waals surface area contributed by atoms with Gasteiger partial charge in [0.05, 0.1) is 28.6 Å². The number of methoxy groups -OCH3 is 1. The van der Waals surface area contributed by atoms with Crippen LogP contribution in [0.1, 0.15) is 25.0 Å². The van der Waals surface area contributed by atoms with Gasteiger partial charge in [0, 0.05) is 18.2 Å². The molecule has 10 nitrogen and oxygen atoms in total. The van der Waals surface area contributed by atoms with Crippen LogP contribution in [0.3, 0.4) is 0 Å². The van der Waals surface area contributed by atoms with Crippen molar-refractivity contribution in [3.8, 4) is 34.5 Å². The zero-order valence-corrected chi connectivity index (χ0v) is 18.0. The second kappa shape index (κ2) is 9.90. The first-order valence-corrected chi connectivity index (χ1v) is 10.0. The fourth-order valence-electron chi connectivity index (χ4n) is 3.11. The number of hydrogen-bond acceptors (Lipinski definition) is 8. The highest BCUT2D eigenvalue weighted by Gasteiger charge is 2.31. The minimum atomic E-state index is -5.05. The van der Waals surface area contributed by atoms with Crippen molar-refractivity contribution in [3.05, 3.63) is 59.9 Å². The molecule has 0 radical (unpaired) electrons. The molecule has 188 valence electrons. The fraction of sp³-hybridized carbons (Fsp3) is 0.174. The van der Waals surface area contributed by atoms with Crippen molar-refractivity contribution in [2.45, 2.75) is 6.36 Å². The SMILES string of the molecule is [2H]C([2H])([2H])Oc1cc(OC(F)(F)F)ccc1Oc1cc2c(cc1C(=O)Nc1ccc(C(N)=O)nc1)OCCO2. The van der Waals surface area contributed by atoms with E-state index in [0.717, 1.165) is 12.1 Å². The first-order valence-electron chi connectivity index (χ1n) is 11.5. The average molecular weight is 508 g/mol. The molecule has 2 aromatic carbocycles. The number of nitrogens with two attached hydrogens (primary N) is 1. The highest BCUT2D eigenvalue weighted by atomic mass is 19.4. The summed E-state index contributed by atoms with van der Waals surface area (Å²) in [5.74, 6) is -3.03. The molecule has 0 aliphatic carbocycles. The van der Waals surface area contributed by atoms with Gasteiger partial charge in [0.15, 0.2) is 23.0 Å². The minimum Gasteiger partial charge on any atom is -0.493 e. The van der Waals surface area contributed by atoms with Gasteiger partial charge in [-0.3, -0.25) is 9.59 Å². The predicted molar refractivity (Wildman–Crippen MR) is 118 cm³/mol. The number of benzene rings is 2. The Labute approximate surface area is 205 Å². The maximum atomic E-state index is 13.2. The average Bonchev–Trinajstić information content (AvgIpc) is 2.83. The van der Waals surface area contributed by atoms with Gasteiger partial charge >= 0.3 is 6.36 Å². The van der Waals surface area contributed by atoms with Crippen LogP contribution in [0.5, 0.6) is 34.5 Å². The van der Waals surface area contributed by atoms with Crippen LogP contribution in [0.15, 0.2) is 48.7 Å². The molecule has 2 amide bonds. The molecule has 0 bridgehead atoms. The van der Waals surface area contributed by atoms with Crippen molar-refractivity contribution < 1.29 is 50.6 Å². The Bertz CT molecular complexity index is 1400. The molecule has 2 heterocycles. The van der Waals surface area contributed by atoms with Crippen LogP contribution in [-0.4, -0.2) is 43.4 Å². The van der Waals surface area contributed by atoms with E-state index in [1.54, 1.807) is 0 Å². The number of halogens is 3. The van der Waals surface area contributed by atoms with Crippen LogP contribution in [0.2, 0.25) is 0 Å².